The molecule has 4 nitrogen and oxygen atoms in total. The van der Waals surface area contributed by atoms with Crippen LogP contribution in [0.1, 0.15) is 22.3 Å². The third-order valence-corrected chi connectivity index (χ3v) is 11.1. The number of hydrogen-bond acceptors (Lipinski definition) is 2. The van der Waals surface area contributed by atoms with E-state index in [4.69, 9.17) is 9.97 Å². The summed E-state index contributed by atoms with van der Waals surface area (Å²) in [5.41, 5.74) is 13.9. The van der Waals surface area contributed by atoms with Gasteiger partial charge in [-0.3, -0.25) is 9.55 Å². The summed E-state index contributed by atoms with van der Waals surface area (Å²) in [5, 5.41) is 2.49. The van der Waals surface area contributed by atoms with Crippen LogP contribution in [-0.2, 0) is 5.41 Å². The first-order chi connectivity index (χ1) is 26.3. The minimum atomic E-state index is -0.639. The van der Waals surface area contributed by atoms with Gasteiger partial charge < -0.3 is 4.57 Å². The van der Waals surface area contributed by atoms with Gasteiger partial charge in [0.2, 0.25) is 0 Å². The number of para-hydroxylation sites is 3. The van der Waals surface area contributed by atoms with Crippen LogP contribution in [0.25, 0.3) is 66.9 Å². The Kier molecular flexibility index (Phi) is 6.43. The highest BCUT2D eigenvalue weighted by Gasteiger charge is 2.46. The Bertz CT molecular complexity index is 2900. The summed E-state index contributed by atoms with van der Waals surface area (Å²) in [4.78, 5) is 10.2. The molecule has 0 saturated heterocycles. The van der Waals surface area contributed by atoms with E-state index in [0.717, 1.165) is 45.1 Å². The molecule has 0 fully saturated rings. The van der Waals surface area contributed by atoms with E-state index in [2.05, 4.69) is 185 Å². The number of pyridine rings is 1. The van der Waals surface area contributed by atoms with Gasteiger partial charge in [0.05, 0.1) is 38.9 Å². The summed E-state index contributed by atoms with van der Waals surface area (Å²) >= 11 is 0. The average molecular weight is 677 g/mol. The highest BCUT2D eigenvalue weighted by atomic mass is 15.1. The maximum Gasteiger partial charge on any atom is 0.146 e. The van der Waals surface area contributed by atoms with Crippen LogP contribution in [0.5, 0.6) is 0 Å². The Hall–Kier alpha value is -7.04. The number of nitrogens with zero attached hydrogens (tertiary/aromatic N) is 4. The molecule has 10 aromatic rings. The lowest BCUT2D eigenvalue weighted by Crippen LogP contribution is -2.35. The first-order valence-electron chi connectivity index (χ1n) is 18.1. The van der Waals surface area contributed by atoms with Gasteiger partial charge in [0.25, 0.3) is 0 Å². The Labute approximate surface area is 306 Å². The fourth-order valence-corrected chi connectivity index (χ4v) is 8.94. The van der Waals surface area contributed by atoms with Crippen molar-refractivity contribution < 1.29 is 0 Å². The molecule has 4 heterocycles. The van der Waals surface area contributed by atoms with Crippen LogP contribution in [0.4, 0.5) is 0 Å². The topological polar surface area (TPSA) is 35.6 Å². The van der Waals surface area contributed by atoms with Crippen LogP contribution < -0.4 is 0 Å². The number of benzene rings is 7. The second kappa shape index (κ2) is 11.5. The quantitative estimate of drug-likeness (QED) is 0.182. The summed E-state index contributed by atoms with van der Waals surface area (Å²) in [6.45, 7) is 0. The largest absolute Gasteiger partial charge is 0.309 e. The van der Waals surface area contributed by atoms with Crippen molar-refractivity contribution in [2.45, 2.75) is 5.41 Å². The lowest BCUT2D eigenvalue weighted by Gasteiger charge is -2.42. The second-order valence-corrected chi connectivity index (χ2v) is 13.8. The highest BCUT2D eigenvalue weighted by molar-refractivity contribution is 6.09. The van der Waals surface area contributed by atoms with Crippen LogP contribution >= 0.6 is 0 Å². The summed E-state index contributed by atoms with van der Waals surface area (Å²) in [7, 11) is 0. The third kappa shape index (κ3) is 4.18. The van der Waals surface area contributed by atoms with Crippen LogP contribution in [0.3, 0.4) is 0 Å². The number of rotatable bonds is 5. The first-order valence-corrected chi connectivity index (χ1v) is 18.1. The van der Waals surface area contributed by atoms with Crippen molar-refractivity contribution in [3.63, 3.8) is 0 Å². The van der Waals surface area contributed by atoms with Gasteiger partial charge in [-0.15, -0.1) is 0 Å². The summed E-state index contributed by atoms with van der Waals surface area (Å²) < 4.78 is 4.83. The molecule has 0 saturated carbocycles. The summed E-state index contributed by atoms with van der Waals surface area (Å²) in [5.74, 6) is 0.897. The van der Waals surface area contributed by atoms with Gasteiger partial charge in [-0.2, -0.15) is 0 Å². The van der Waals surface area contributed by atoms with Crippen molar-refractivity contribution in [3.8, 4) is 34.0 Å². The van der Waals surface area contributed by atoms with Crippen molar-refractivity contribution >= 4 is 32.8 Å². The molecule has 1 aliphatic heterocycles. The molecule has 0 atom stereocenters. The van der Waals surface area contributed by atoms with Gasteiger partial charge in [-0.25, -0.2) is 4.98 Å². The molecular weight excluding hydrogens is 645 g/mol. The second-order valence-electron chi connectivity index (χ2n) is 13.8. The van der Waals surface area contributed by atoms with Crippen molar-refractivity contribution in [2.24, 2.45) is 0 Å². The minimum absolute atomic E-state index is 0.639. The van der Waals surface area contributed by atoms with E-state index in [-0.39, 0.29) is 0 Å². The summed E-state index contributed by atoms with van der Waals surface area (Å²) in [6, 6.07) is 67.7. The molecule has 53 heavy (non-hydrogen) atoms. The van der Waals surface area contributed by atoms with E-state index in [9.17, 15) is 0 Å². The van der Waals surface area contributed by atoms with Gasteiger partial charge in [0.15, 0.2) is 0 Å². The van der Waals surface area contributed by atoms with E-state index in [1.54, 1.807) is 0 Å². The smallest absolute Gasteiger partial charge is 0.146 e. The monoisotopic (exact) mass is 676 g/mol. The number of imidazole rings is 1. The normalized spacial score (nSPS) is 13.1. The number of fused-ring (bicyclic) bond motifs is 5. The lowest BCUT2D eigenvalue weighted by atomic mass is 9.63. The zero-order valence-corrected chi connectivity index (χ0v) is 28.8. The maximum absolute atomic E-state index is 5.48. The van der Waals surface area contributed by atoms with E-state index < -0.39 is 5.41 Å². The van der Waals surface area contributed by atoms with Gasteiger partial charge in [-0.05, 0) is 70.8 Å². The van der Waals surface area contributed by atoms with Crippen LogP contribution in [0.2, 0.25) is 0 Å². The molecule has 0 aliphatic carbocycles. The van der Waals surface area contributed by atoms with E-state index in [0.29, 0.717) is 0 Å². The Morgan fingerprint density at radius 3 is 1.75 bits per heavy atom. The molecule has 3 aromatic heterocycles. The molecule has 0 radical (unpaired) electrons. The molecule has 0 amide bonds. The molecule has 4 heteroatoms. The lowest BCUT2D eigenvalue weighted by molar-refractivity contribution is 0.724. The van der Waals surface area contributed by atoms with Gasteiger partial charge in [0.1, 0.15) is 5.82 Å². The van der Waals surface area contributed by atoms with Crippen molar-refractivity contribution in [3.05, 3.63) is 217 Å². The van der Waals surface area contributed by atoms with Gasteiger partial charge in [0, 0.05) is 33.8 Å². The van der Waals surface area contributed by atoms with Crippen molar-refractivity contribution in [1.29, 1.82) is 0 Å². The molecule has 11 rings (SSSR count). The highest BCUT2D eigenvalue weighted by Crippen LogP contribution is 2.54. The molecule has 0 unspecified atom stereocenters. The predicted molar refractivity (Wildman–Crippen MR) is 216 cm³/mol. The Morgan fingerprint density at radius 1 is 0.453 bits per heavy atom. The predicted octanol–water partition coefficient (Wildman–Crippen LogP) is 11.5. The molecule has 0 bridgehead atoms. The number of aromatic nitrogens is 4. The van der Waals surface area contributed by atoms with Crippen LogP contribution in [0.15, 0.2) is 194 Å². The zero-order chi connectivity index (χ0) is 34.9. The SMILES string of the molecule is c1ccc(C2(c3ccccc3)c3cc(-n4c5ccccc5c5ccccc54)ccc3-n3c(-c4ccccc4-c4ccccn4)nc4cccc2c43)cc1. The minimum Gasteiger partial charge on any atom is -0.309 e. The summed E-state index contributed by atoms with van der Waals surface area (Å²) in [6.07, 6.45) is 1.86. The number of hydrogen-bond donors (Lipinski definition) is 0. The van der Waals surface area contributed by atoms with Crippen molar-refractivity contribution in [1.82, 2.24) is 19.1 Å². The molecular formula is C49H32N4. The zero-order valence-electron chi connectivity index (χ0n) is 28.8. The molecule has 7 aromatic carbocycles. The van der Waals surface area contributed by atoms with E-state index >= 15 is 0 Å². The Balaban J connectivity index is 1.31. The third-order valence-electron chi connectivity index (χ3n) is 11.1. The molecule has 248 valence electrons. The van der Waals surface area contributed by atoms with Crippen molar-refractivity contribution in [2.75, 3.05) is 0 Å². The van der Waals surface area contributed by atoms with E-state index in [1.165, 1.54) is 44.1 Å². The molecule has 1 aliphatic rings. The van der Waals surface area contributed by atoms with Crippen LogP contribution in [0, 0.1) is 0 Å². The Morgan fingerprint density at radius 2 is 1.08 bits per heavy atom. The fourth-order valence-electron chi connectivity index (χ4n) is 8.94. The standard InChI is InChI=1S/C49H32N4/c1-3-16-33(17-4-1)49(34-18-5-2-6-19-34)40-24-15-26-43-47(40)53(48(51-43)39-23-8-7-20-36(39)42-25-13-14-31-50-42)46-30-29-35(32-41(46)49)52-44-27-11-9-21-37(44)38-22-10-12-28-45(38)52/h1-32H. The maximum atomic E-state index is 5.48. The average Bonchev–Trinajstić information content (AvgIpc) is 3.79. The van der Waals surface area contributed by atoms with Gasteiger partial charge >= 0.3 is 0 Å². The molecule has 0 N–H and O–H groups in total. The fraction of sp³-hybridized carbons (Fsp3) is 0.0204. The van der Waals surface area contributed by atoms with Crippen LogP contribution in [-0.4, -0.2) is 19.1 Å². The first kappa shape index (κ1) is 29.7. The van der Waals surface area contributed by atoms with Gasteiger partial charge in [-0.1, -0.05) is 140 Å². The molecule has 0 spiro atoms. The van der Waals surface area contributed by atoms with E-state index in [1.807, 2.05) is 18.3 Å².